The number of rotatable bonds is 4. The van der Waals surface area contributed by atoms with Gasteiger partial charge in [0.2, 0.25) is 0 Å². The fraction of sp³-hybridized carbons (Fsp3) is 0.600. The van der Waals surface area contributed by atoms with Crippen LogP contribution in [0, 0.1) is 5.92 Å². The van der Waals surface area contributed by atoms with Crippen molar-refractivity contribution in [1.29, 1.82) is 0 Å². The van der Waals surface area contributed by atoms with Gasteiger partial charge < -0.3 is 4.74 Å². The Morgan fingerprint density at radius 2 is 2.06 bits per heavy atom. The molecule has 0 saturated heterocycles. The van der Waals surface area contributed by atoms with Crippen LogP contribution in [0.3, 0.4) is 0 Å². The number of ether oxygens (including phenoxy) is 1. The number of alkyl halides is 1. The zero-order valence-electron chi connectivity index (χ0n) is 10.8. The summed E-state index contributed by atoms with van der Waals surface area (Å²) < 4.78 is 7.30. The molecule has 0 aromatic heterocycles. The summed E-state index contributed by atoms with van der Waals surface area (Å²) in [7, 11) is 0. The zero-order valence-corrected chi connectivity index (χ0v) is 14.0. The highest BCUT2D eigenvalue weighted by Crippen LogP contribution is 2.34. The first kappa shape index (κ1) is 14.4. The minimum atomic E-state index is 0.398. The Morgan fingerprint density at radius 3 is 2.72 bits per heavy atom. The van der Waals surface area contributed by atoms with E-state index in [-0.39, 0.29) is 0 Å². The van der Waals surface area contributed by atoms with E-state index in [2.05, 4.69) is 57.0 Å². The summed E-state index contributed by atoms with van der Waals surface area (Å²) in [4.78, 5) is 0. The topological polar surface area (TPSA) is 9.23 Å². The number of halogens is 2. The SMILES string of the molecule is CCC1CCCCC1Oc1ccc(CBr)cc1Br. The average molecular weight is 376 g/mol. The van der Waals surface area contributed by atoms with Gasteiger partial charge in [0, 0.05) is 5.33 Å². The Bertz CT molecular complexity index is 392. The predicted molar refractivity (Wildman–Crippen MR) is 83.4 cm³/mol. The van der Waals surface area contributed by atoms with Crippen molar-refractivity contribution in [3.63, 3.8) is 0 Å². The van der Waals surface area contributed by atoms with E-state index in [9.17, 15) is 0 Å². The lowest BCUT2D eigenvalue weighted by Crippen LogP contribution is -2.30. The largest absolute Gasteiger partial charge is 0.489 e. The van der Waals surface area contributed by atoms with Gasteiger partial charge in [0.25, 0.3) is 0 Å². The molecule has 1 aromatic carbocycles. The lowest BCUT2D eigenvalue weighted by molar-refractivity contribution is 0.0896. The molecule has 0 aliphatic heterocycles. The number of benzene rings is 1. The van der Waals surface area contributed by atoms with Crippen LogP contribution in [0.1, 0.15) is 44.6 Å². The van der Waals surface area contributed by atoms with Crippen LogP contribution in [-0.4, -0.2) is 6.10 Å². The van der Waals surface area contributed by atoms with Gasteiger partial charge in [-0.1, -0.05) is 35.3 Å². The van der Waals surface area contributed by atoms with Gasteiger partial charge in [-0.25, -0.2) is 0 Å². The molecule has 18 heavy (non-hydrogen) atoms. The Balaban J connectivity index is 2.07. The molecular weight excluding hydrogens is 356 g/mol. The van der Waals surface area contributed by atoms with E-state index in [0.29, 0.717) is 6.10 Å². The molecule has 0 spiro atoms. The van der Waals surface area contributed by atoms with Crippen LogP contribution in [0.4, 0.5) is 0 Å². The summed E-state index contributed by atoms with van der Waals surface area (Å²) in [5, 5.41) is 0.882. The minimum absolute atomic E-state index is 0.398. The van der Waals surface area contributed by atoms with Crippen LogP contribution in [0.15, 0.2) is 22.7 Å². The van der Waals surface area contributed by atoms with Crippen molar-refractivity contribution in [2.75, 3.05) is 0 Å². The highest BCUT2D eigenvalue weighted by atomic mass is 79.9. The maximum atomic E-state index is 6.23. The number of hydrogen-bond donors (Lipinski definition) is 0. The third kappa shape index (κ3) is 3.51. The summed E-state index contributed by atoms with van der Waals surface area (Å²) in [5.41, 5.74) is 1.27. The molecule has 1 aromatic rings. The molecule has 2 atom stereocenters. The third-order valence-corrected chi connectivity index (χ3v) is 5.06. The van der Waals surface area contributed by atoms with E-state index in [0.717, 1.165) is 21.5 Å². The first-order valence-corrected chi connectivity index (χ1v) is 8.67. The highest BCUT2D eigenvalue weighted by molar-refractivity contribution is 9.10. The molecule has 0 heterocycles. The summed E-state index contributed by atoms with van der Waals surface area (Å²) in [6.07, 6.45) is 6.81. The first-order valence-electron chi connectivity index (χ1n) is 6.75. The van der Waals surface area contributed by atoms with Crippen molar-refractivity contribution in [2.24, 2.45) is 5.92 Å². The molecule has 0 bridgehead atoms. The van der Waals surface area contributed by atoms with Crippen molar-refractivity contribution in [3.8, 4) is 5.75 Å². The van der Waals surface area contributed by atoms with E-state index in [1.807, 2.05) is 0 Å². The van der Waals surface area contributed by atoms with Gasteiger partial charge in [0.1, 0.15) is 11.9 Å². The van der Waals surface area contributed by atoms with Gasteiger partial charge >= 0.3 is 0 Å². The van der Waals surface area contributed by atoms with Gasteiger partial charge in [-0.2, -0.15) is 0 Å². The molecule has 0 radical (unpaired) electrons. The van der Waals surface area contributed by atoms with Gasteiger partial charge in [0.05, 0.1) is 4.47 Å². The maximum Gasteiger partial charge on any atom is 0.133 e. The molecule has 1 aliphatic rings. The molecule has 1 saturated carbocycles. The number of hydrogen-bond acceptors (Lipinski definition) is 1. The van der Waals surface area contributed by atoms with Crippen LogP contribution in [0.25, 0.3) is 0 Å². The van der Waals surface area contributed by atoms with E-state index >= 15 is 0 Å². The third-order valence-electron chi connectivity index (χ3n) is 3.79. The van der Waals surface area contributed by atoms with Gasteiger partial charge in [-0.15, -0.1) is 0 Å². The molecule has 2 unspecified atom stereocenters. The lowest BCUT2D eigenvalue weighted by atomic mass is 9.85. The highest BCUT2D eigenvalue weighted by Gasteiger charge is 2.25. The second-order valence-electron chi connectivity index (χ2n) is 5.01. The van der Waals surface area contributed by atoms with Crippen LogP contribution < -0.4 is 4.74 Å². The van der Waals surface area contributed by atoms with Crippen molar-refractivity contribution < 1.29 is 4.74 Å². The summed E-state index contributed by atoms with van der Waals surface area (Å²) in [6, 6.07) is 6.34. The Morgan fingerprint density at radius 1 is 1.28 bits per heavy atom. The van der Waals surface area contributed by atoms with Crippen molar-refractivity contribution >= 4 is 31.9 Å². The standard InChI is InChI=1S/C15H20Br2O/c1-2-12-5-3-4-6-14(12)18-15-8-7-11(10-16)9-13(15)17/h7-9,12,14H,2-6,10H2,1H3. The minimum Gasteiger partial charge on any atom is -0.489 e. The summed E-state index contributed by atoms with van der Waals surface area (Å²) in [6.45, 7) is 2.27. The summed E-state index contributed by atoms with van der Waals surface area (Å²) >= 11 is 7.08. The van der Waals surface area contributed by atoms with E-state index in [4.69, 9.17) is 4.74 Å². The van der Waals surface area contributed by atoms with Gasteiger partial charge in [-0.05, 0) is 65.2 Å². The van der Waals surface area contributed by atoms with Crippen LogP contribution in [0.2, 0.25) is 0 Å². The molecule has 0 N–H and O–H groups in total. The second kappa shape index (κ2) is 6.95. The molecule has 0 amide bonds. The fourth-order valence-electron chi connectivity index (χ4n) is 2.68. The van der Waals surface area contributed by atoms with Crippen molar-refractivity contribution in [2.45, 2.75) is 50.5 Å². The molecule has 1 fully saturated rings. The Kier molecular flexibility index (Phi) is 5.56. The normalized spacial score (nSPS) is 23.9. The molecule has 3 heteroatoms. The first-order chi connectivity index (χ1) is 8.74. The van der Waals surface area contributed by atoms with Crippen LogP contribution in [0.5, 0.6) is 5.75 Å². The van der Waals surface area contributed by atoms with E-state index in [1.165, 1.54) is 37.7 Å². The second-order valence-corrected chi connectivity index (χ2v) is 6.42. The molecule has 2 rings (SSSR count). The zero-order chi connectivity index (χ0) is 13.0. The van der Waals surface area contributed by atoms with Crippen LogP contribution in [-0.2, 0) is 5.33 Å². The van der Waals surface area contributed by atoms with Gasteiger partial charge in [0.15, 0.2) is 0 Å². The van der Waals surface area contributed by atoms with Gasteiger partial charge in [-0.3, -0.25) is 0 Å². The fourth-order valence-corrected chi connectivity index (χ4v) is 3.55. The lowest BCUT2D eigenvalue weighted by Gasteiger charge is -2.31. The smallest absolute Gasteiger partial charge is 0.133 e. The monoisotopic (exact) mass is 374 g/mol. The maximum absolute atomic E-state index is 6.23. The van der Waals surface area contributed by atoms with E-state index < -0.39 is 0 Å². The Hall–Kier alpha value is -0.0200. The van der Waals surface area contributed by atoms with Crippen molar-refractivity contribution in [1.82, 2.24) is 0 Å². The predicted octanol–water partition coefficient (Wildman–Crippen LogP) is 5.69. The summed E-state index contributed by atoms with van der Waals surface area (Å²) in [5.74, 6) is 1.71. The van der Waals surface area contributed by atoms with E-state index in [1.54, 1.807) is 0 Å². The quantitative estimate of drug-likeness (QED) is 0.614. The molecule has 100 valence electrons. The molecular formula is C15H20Br2O. The van der Waals surface area contributed by atoms with Crippen molar-refractivity contribution in [3.05, 3.63) is 28.2 Å². The van der Waals surface area contributed by atoms with Crippen LogP contribution >= 0.6 is 31.9 Å². The molecule has 1 nitrogen and oxygen atoms in total. The average Bonchev–Trinajstić information content (AvgIpc) is 2.41. The molecule has 1 aliphatic carbocycles. The Labute approximate surface area is 127 Å².